The fraction of sp³-hybridized carbons (Fsp3) is 0.345. The Morgan fingerprint density at radius 1 is 0.833 bits per heavy atom. The zero-order valence-electron chi connectivity index (χ0n) is 20.5. The highest BCUT2D eigenvalue weighted by atomic mass is 35.5. The van der Waals surface area contributed by atoms with Gasteiger partial charge in [-0.15, -0.1) is 0 Å². The lowest BCUT2D eigenvalue weighted by Crippen LogP contribution is -2.52. The van der Waals surface area contributed by atoms with Crippen molar-refractivity contribution < 1.29 is 14.3 Å². The molecule has 190 valence electrons. The summed E-state index contributed by atoms with van der Waals surface area (Å²) >= 11 is 12.2. The van der Waals surface area contributed by atoms with Crippen LogP contribution in [0.2, 0.25) is 10.0 Å². The molecule has 1 aliphatic heterocycles. The molecule has 3 aromatic rings. The number of nitrogens with zero attached hydrogens (tertiary/aromatic N) is 2. The molecule has 0 unspecified atom stereocenters. The first-order chi connectivity index (χ1) is 17.5. The quantitative estimate of drug-likeness (QED) is 0.299. The van der Waals surface area contributed by atoms with Gasteiger partial charge in [0.15, 0.2) is 6.10 Å². The second kappa shape index (κ2) is 13.1. The van der Waals surface area contributed by atoms with Crippen LogP contribution in [0.3, 0.4) is 0 Å². The van der Waals surface area contributed by atoms with E-state index < -0.39 is 6.10 Å². The molecule has 0 radical (unpaired) electrons. The topological polar surface area (TPSA) is 42.0 Å². The number of benzene rings is 3. The third kappa shape index (κ3) is 7.47. The van der Waals surface area contributed by atoms with Gasteiger partial charge in [0.2, 0.25) is 0 Å². The van der Waals surface area contributed by atoms with E-state index in [-0.39, 0.29) is 12.0 Å². The summed E-state index contributed by atoms with van der Waals surface area (Å²) in [5.74, 6) is 0.753. The summed E-state index contributed by atoms with van der Waals surface area (Å²) in [4.78, 5) is 17.1. The standard InChI is InChI=1S/C29H32Cl2N2O3/c1-22(36-27-6-3-2-4-7-27)29(34)33-19-17-32(18-20-33)16-5-21-35-28(23-8-12-25(30)13-9-23)24-10-14-26(31)15-11-24/h2-4,6-15,22,28H,5,16-21H2,1H3/t22-/m1/s1. The molecule has 0 aromatic heterocycles. The highest BCUT2D eigenvalue weighted by molar-refractivity contribution is 6.30. The highest BCUT2D eigenvalue weighted by Gasteiger charge is 2.26. The van der Waals surface area contributed by atoms with Crippen LogP contribution in [-0.2, 0) is 9.53 Å². The van der Waals surface area contributed by atoms with Crippen molar-refractivity contribution in [1.82, 2.24) is 9.80 Å². The number of ether oxygens (including phenoxy) is 2. The van der Waals surface area contributed by atoms with Crippen molar-refractivity contribution in [2.24, 2.45) is 0 Å². The average molecular weight is 527 g/mol. The Labute approximate surface area is 223 Å². The van der Waals surface area contributed by atoms with Gasteiger partial charge >= 0.3 is 0 Å². The molecule has 1 atom stereocenters. The van der Waals surface area contributed by atoms with Gasteiger partial charge in [-0.25, -0.2) is 0 Å². The molecular weight excluding hydrogens is 495 g/mol. The lowest BCUT2D eigenvalue weighted by atomic mass is 10.0. The summed E-state index contributed by atoms with van der Waals surface area (Å²) in [5, 5.41) is 1.40. The lowest BCUT2D eigenvalue weighted by Gasteiger charge is -2.36. The number of rotatable bonds is 10. The van der Waals surface area contributed by atoms with Crippen LogP contribution >= 0.6 is 23.2 Å². The maximum absolute atomic E-state index is 12.8. The first-order valence-electron chi connectivity index (χ1n) is 12.3. The number of hydrogen-bond acceptors (Lipinski definition) is 4. The summed E-state index contributed by atoms with van der Waals surface area (Å²) in [7, 11) is 0. The number of piperazine rings is 1. The minimum Gasteiger partial charge on any atom is -0.481 e. The molecule has 0 aliphatic carbocycles. The minimum atomic E-state index is -0.495. The van der Waals surface area contributed by atoms with E-state index in [4.69, 9.17) is 32.7 Å². The molecule has 1 amide bonds. The fourth-order valence-electron chi connectivity index (χ4n) is 4.35. The van der Waals surface area contributed by atoms with Gasteiger partial charge < -0.3 is 14.4 Å². The van der Waals surface area contributed by atoms with E-state index in [1.807, 2.05) is 90.7 Å². The molecule has 4 rings (SSSR count). The second-order valence-electron chi connectivity index (χ2n) is 8.95. The zero-order valence-corrected chi connectivity index (χ0v) is 22.0. The normalized spacial score (nSPS) is 15.2. The first-order valence-corrected chi connectivity index (χ1v) is 13.1. The van der Waals surface area contributed by atoms with Gasteiger partial charge in [0, 0.05) is 49.4 Å². The molecule has 0 saturated carbocycles. The van der Waals surface area contributed by atoms with Crippen molar-refractivity contribution in [3.63, 3.8) is 0 Å². The van der Waals surface area contributed by atoms with Crippen LogP contribution in [0.4, 0.5) is 0 Å². The van der Waals surface area contributed by atoms with Crippen molar-refractivity contribution in [3.05, 3.63) is 100 Å². The van der Waals surface area contributed by atoms with Gasteiger partial charge in [0.05, 0.1) is 0 Å². The van der Waals surface area contributed by atoms with Crippen LogP contribution in [0.5, 0.6) is 5.75 Å². The van der Waals surface area contributed by atoms with E-state index in [1.165, 1.54) is 0 Å². The van der Waals surface area contributed by atoms with Crippen molar-refractivity contribution in [2.45, 2.75) is 25.6 Å². The van der Waals surface area contributed by atoms with Crippen molar-refractivity contribution in [2.75, 3.05) is 39.3 Å². The molecule has 1 fully saturated rings. The summed E-state index contributed by atoms with van der Waals surface area (Å²) in [5.41, 5.74) is 2.11. The molecule has 5 nitrogen and oxygen atoms in total. The van der Waals surface area contributed by atoms with Crippen LogP contribution in [0.1, 0.15) is 30.6 Å². The van der Waals surface area contributed by atoms with Gasteiger partial charge in [-0.05, 0) is 60.9 Å². The molecule has 36 heavy (non-hydrogen) atoms. The molecule has 0 N–H and O–H groups in total. The Kier molecular flexibility index (Phi) is 9.65. The average Bonchev–Trinajstić information content (AvgIpc) is 2.91. The molecule has 7 heteroatoms. The first kappa shape index (κ1) is 26.5. The molecular formula is C29H32Cl2N2O3. The largest absolute Gasteiger partial charge is 0.481 e. The smallest absolute Gasteiger partial charge is 0.263 e. The highest BCUT2D eigenvalue weighted by Crippen LogP contribution is 2.28. The molecule has 1 aliphatic rings. The Hall–Kier alpha value is -2.57. The minimum absolute atomic E-state index is 0.0376. The molecule has 1 heterocycles. The van der Waals surface area contributed by atoms with Gasteiger partial charge in [0.25, 0.3) is 5.91 Å². The van der Waals surface area contributed by atoms with Gasteiger partial charge in [-0.2, -0.15) is 0 Å². The van der Waals surface area contributed by atoms with Crippen molar-refractivity contribution >= 4 is 29.1 Å². The molecule has 1 saturated heterocycles. The third-order valence-electron chi connectivity index (χ3n) is 6.34. The fourth-order valence-corrected chi connectivity index (χ4v) is 4.60. The van der Waals surface area contributed by atoms with E-state index >= 15 is 0 Å². The lowest BCUT2D eigenvalue weighted by molar-refractivity contribution is -0.139. The summed E-state index contributed by atoms with van der Waals surface area (Å²) in [6.07, 6.45) is 0.226. The molecule has 0 spiro atoms. The van der Waals surface area contributed by atoms with E-state index in [9.17, 15) is 4.79 Å². The van der Waals surface area contributed by atoms with Crippen LogP contribution in [0, 0.1) is 0 Å². The predicted octanol–water partition coefficient (Wildman–Crippen LogP) is 6.10. The number of carbonyl (C=O) groups excluding carboxylic acids is 1. The van der Waals surface area contributed by atoms with Crippen LogP contribution < -0.4 is 4.74 Å². The van der Waals surface area contributed by atoms with Crippen molar-refractivity contribution in [3.8, 4) is 5.75 Å². The number of para-hydroxylation sites is 1. The van der Waals surface area contributed by atoms with Gasteiger partial charge in [-0.3, -0.25) is 9.69 Å². The SMILES string of the molecule is C[C@@H](Oc1ccccc1)C(=O)N1CCN(CCCOC(c2ccc(Cl)cc2)c2ccc(Cl)cc2)CC1. The number of carbonyl (C=O) groups is 1. The number of halogens is 2. The second-order valence-corrected chi connectivity index (χ2v) is 9.82. The summed E-state index contributed by atoms with van der Waals surface area (Å²) in [6.45, 7) is 6.48. The molecule has 0 bridgehead atoms. The van der Waals surface area contributed by atoms with E-state index in [0.717, 1.165) is 37.2 Å². The monoisotopic (exact) mass is 526 g/mol. The van der Waals surface area contributed by atoms with Crippen LogP contribution in [-0.4, -0.2) is 61.1 Å². The Bertz CT molecular complexity index is 1040. The summed E-state index contributed by atoms with van der Waals surface area (Å²) < 4.78 is 12.1. The Morgan fingerprint density at radius 3 is 1.94 bits per heavy atom. The van der Waals surface area contributed by atoms with Crippen LogP contribution in [0.25, 0.3) is 0 Å². The number of amides is 1. The third-order valence-corrected chi connectivity index (χ3v) is 6.84. The van der Waals surface area contributed by atoms with E-state index in [0.29, 0.717) is 35.5 Å². The van der Waals surface area contributed by atoms with Crippen molar-refractivity contribution in [1.29, 1.82) is 0 Å². The van der Waals surface area contributed by atoms with Gasteiger partial charge in [-0.1, -0.05) is 65.7 Å². The Balaban J connectivity index is 1.22. The zero-order chi connectivity index (χ0) is 25.3. The Morgan fingerprint density at radius 2 is 1.39 bits per heavy atom. The van der Waals surface area contributed by atoms with Crippen LogP contribution in [0.15, 0.2) is 78.9 Å². The van der Waals surface area contributed by atoms with Gasteiger partial charge in [0.1, 0.15) is 11.9 Å². The summed E-state index contributed by atoms with van der Waals surface area (Å²) in [6, 6.07) is 25.0. The number of hydrogen-bond donors (Lipinski definition) is 0. The maximum atomic E-state index is 12.8. The van der Waals surface area contributed by atoms with E-state index in [2.05, 4.69) is 4.90 Å². The van der Waals surface area contributed by atoms with E-state index in [1.54, 1.807) is 0 Å². The predicted molar refractivity (Wildman–Crippen MR) is 145 cm³/mol. The molecule has 3 aromatic carbocycles. The maximum Gasteiger partial charge on any atom is 0.263 e.